The van der Waals surface area contributed by atoms with Crippen LogP contribution in [0.3, 0.4) is 0 Å². The largest absolute Gasteiger partial charge is 0.444 e. The lowest BCUT2D eigenvalue weighted by atomic mass is 10.1. The molecule has 7 nitrogen and oxygen atoms in total. The second-order valence-corrected chi connectivity index (χ2v) is 8.47. The van der Waals surface area contributed by atoms with Gasteiger partial charge in [0.15, 0.2) is 5.76 Å². The highest BCUT2D eigenvalue weighted by molar-refractivity contribution is 6.39. The van der Waals surface area contributed by atoms with Crippen LogP contribution in [0.5, 0.6) is 0 Å². The molecule has 0 atom stereocenters. The predicted molar refractivity (Wildman–Crippen MR) is 120 cm³/mol. The zero-order valence-electron chi connectivity index (χ0n) is 17.2. The summed E-state index contributed by atoms with van der Waals surface area (Å²) in [6.45, 7) is 5.00. The van der Waals surface area contributed by atoms with Gasteiger partial charge in [-0.05, 0) is 45.0 Å². The van der Waals surface area contributed by atoms with Crippen LogP contribution in [0.25, 0.3) is 22.6 Å². The summed E-state index contributed by atoms with van der Waals surface area (Å²) in [4.78, 5) is 23.8. The molecule has 0 radical (unpaired) electrons. The summed E-state index contributed by atoms with van der Waals surface area (Å²) in [5.74, 6) is 0.0816. The van der Waals surface area contributed by atoms with E-state index in [0.717, 1.165) is 0 Å². The Kier molecular flexibility index (Phi) is 6.87. The van der Waals surface area contributed by atoms with Gasteiger partial charge in [-0.2, -0.15) is 0 Å². The molecule has 2 N–H and O–H groups in total. The van der Waals surface area contributed by atoms with Crippen LogP contribution in [0, 0.1) is 0 Å². The first-order chi connectivity index (χ1) is 14.6. The Morgan fingerprint density at radius 3 is 2.42 bits per heavy atom. The number of benzene rings is 2. The number of nitrogens with zero attached hydrogens (tertiary/aromatic N) is 1. The fourth-order valence-corrected chi connectivity index (χ4v) is 3.28. The van der Waals surface area contributed by atoms with E-state index in [1.807, 2.05) is 6.07 Å². The van der Waals surface area contributed by atoms with Crippen LogP contribution in [0.15, 0.2) is 53.1 Å². The maximum Gasteiger partial charge on any atom is 0.408 e. The minimum atomic E-state index is -0.663. The van der Waals surface area contributed by atoms with Gasteiger partial charge >= 0.3 is 6.09 Å². The van der Waals surface area contributed by atoms with Gasteiger partial charge in [-0.15, -0.1) is 0 Å². The molecule has 0 bridgehead atoms. The van der Waals surface area contributed by atoms with E-state index < -0.39 is 17.6 Å². The molecule has 0 aliphatic carbocycles. The number of ether oxygens (including phenoxy) is 1. The lowest BCUT2D eigenvalue weighted by Crippen LogP contribution is -2.37. The Hall–Kier alpha value is -3.03. The van der Waals surface area contributed by atoms with Gasteiger partial charge in [0, 0.05) is 22.9 Å². The zero-order chi connectivity index (χ0) is 22.6. The highest BCUT2D eigenvalue weighted by atomic mass is 35.5. The smallest absolute Gasteiger partial charge is 0.408 e. The number of nitrogens with one attached hydrogen (secondary N) is 2. The second kappa shape index (κ2) is 9.41. The molecule has 0 saturated carbocycles. The molecule has 0 aliphatic heterocycles. The van der Waals surface area contributed by atoms with E-state index in [1.165, 1.54) is 0 Å². The number of alkyl carbamates (subject to hydrolysis) is 1. The molecule has 0 spiro atoms. The van der Waals surface area contributed by atoms with Crippen LogP contribution in [0.1, 0.15) is 20.8 Å². The number of anilines is 1. The van der Waals surface area contributed by atoms with Crippen molar-refractivity contribution in [2.45, 2.75) is 26.4 Å². The van der Waals surface area contributed by atoms with Crippen LogP contribution in [0.4, 0.5) is 10.5 Å². The van der Waals surface area contributed by atoms with E-state index in [2.05, 4.69) is 15.8 Å². The first kappa shape index (κ1) is 22.7. The van der Waals surface area contributed by atoms with E-state index >= 15 is 0 Å². The van der Waals surface area contributed by atoms with E-state index in [-0.39, 0.29) is 6.54 Å². The van der Waals surface area contributed by atoms with Crippen LogP contribution < -0.4 is 10.6 Å². The van der Waals surface area contributed by atoms with Crippen molar-refractivity contribution in [2.75, 3.05) is 11.9 Å². The minimum Gasteiger partial charge on any atom is -0.444 e. The average Bonchev–Trinajstić information content (AvgIpc) is 3.15. The summed E-state index contributed by atoms with van der Waals surface area (Å²) >= 11 is 12.5. The monoisotopic (exact) mass is 461 g/mol. The number of halogens is 2. The summed E-state index contributed by atoms with van der Waals surface area (Å²) in [6, 6.07) is 13.9. The maximum atomic E-state index is 12.1. The molecule has 1 heterocycles. The third-order valence-electron chi connectivity index (χ3n) is 3.95. The quantitative estimate of drug-likeness (QED) is 0.502. The molecule has 3 rings (SSSR count). The number of rotatable bonds is 5. The van der Waals surface area contributed by atoms with Crippen molar-refractivity contribution in [1.29, 1.82) is 0 Å². The Morgan fingerprint density at radius 2 is 1.74 bits per heavy atom. The lowest BCUT2D eigenvalue weighted by Gasteiger charge is -2.19. The van der Waals surface area contributed by atoms with Gasteiger partial charge in [0.25, 0.3) is 0 Å². The molecular weight excluding hydrogens is 441 g/mol. The van der Waals surface area contributed by atoms with E-state index in [9.17, 15) is 9.59 Å². The minimum absolute atomic E-state index is 0.226. The van der Waals surface area contributed by atoms with Crippen LogP contribution >= 0.6 is 23.2 Å². The van der Waals surface area contributed by atoms with Gasteiger partial charge in [-0.1, -0.05) is 46.6 Å². The van der Waals surface area contributed by atoms with Gasteiger partial charge in [-0.3, -0.25) is 4.79 Å². The zero-order valence-corrected chi connectivity index (χ0v) is 18.7. The number of carbonyl (C=O) groups is 2. The molecule has 0 aliphatic rings. The Balaban J connectivity index is 1.68. The molecule has 31 heavy (non-hydrogen) atoms. The van der Waals surface area contributed by atoms with Crippen LogP contribution in [-0.2, 0) is 9.53 Å². The second-order valence-electron chi connectivity index (χ2n) is 7.66. The summed E-state index contributed by atoms with van der Waals surface area (Å²) in [5, 5.41) is 10.1. The molecule has 1 aromatic heterocycles. The van der Waals surface area contributed by atoms with Crippen molar-refractivity contribution in [1.82, 2.24) is 10.5 Å². The number of amides is 2. The van der Waals surface area contributed by atoms with Crippen molar-refractivity contribution in [2.24, 2.45) is 0 Å². The van der Waals surface area contributed by atoms with Gasteiger partial charge < -0.3 is 19.9 Å². The van der Waals surface area contributed by atoms with E-state index in [4.69, 9.17) is 32.5 Å². The van der Waals surface area contributed by atoms with Crippen molar-refractivity contribution in [3.8, 4) is 22.6 Å². The fourth-order valence-electron chi connectivity index (χ4n) is 2.69. The average molecular weight is 462 g/mol. The van der Waals surface area contributed by atoms with Gasteiger partial charge in [0.05, 0.1) is 10.0 Å². The SMILES string of the molecule is CC(C)(C)OC(=O)NCC(=O)Nc1cccc(-c2cc(-c3c(Cl)cccc3Cl)no2)c1. The molecule has 0 fully saturated rings. The van der Waals surface area contributed by atoms with E-state index in [0.29, 0.717) is 38.3 Å². The summed E-state index contributed by atoms with van der Waals surface area (Å²) in [6.07, 6.45) is -0.663. The number of hydrogen-bond donors (Lipinski definition) is 2. The van der Waals surface area contributed by atoms with Gasteiger partial charge in [0.1, 0.15) is 17.8 Å². The molecule has 2 aromatic carbocycles. The number of carbonyl (C=O) groups excluding carboxylic acids is 2. The predicted octanol–water partition coefficient (Wildman–Crippen LogP) is 5.78. The van der Waals surface area contributed by atoms with Crippen molar-refractivity contribution in [3.05, 3.63) is 58.6 Å². The van der Waals surface area contributed by atoms with Crippen LogP contribution in [-0.4, -0.2) is 29.3 Å². The first-order valence-corrected chi connectivity index (χ1v) is 10.2. The Morgan fingerprint density at radius 1 is 1.06 bits per heavy atom. The molecule has 0 saturated heterocycles. The third-order valence-corrected chi connectivity index (χ3v) is 4.58. The topological polar surface area (TPSA) is 93.5 Å². The van der Waals surface area contributed by atoms with Gasteiger partial charge in [0.2, 0.25) is 5.91 Å². The fraction of sp³-hybridized carbons (Fsp3) is 0.227. The standard InChI is InChI=1S/C22H21Cl2N3O4/c1-22(2,3)30-21(29)25-12-19(28)26-14-7-4-6-13(10-14)18-11-17(27-31-18)20-15(23)8-5-9-16(20)24/h4-11H,12H2,1-3H3,(H,25,29)(H,26,28). The summed E-state index contributed by atoms with van der Waals surface area (Å²) in [5.41, 5.74) is 1.67. The normalized spacial score (nSPS) is 11.1. The number of hydrogen-bond acceptors (Lipinski definition) is 5. The molecule has 3 aromatic rings. The van der Waals surface area contributed by atoms with Crippen molar-refractivity contribution < 1.29 is 18.8 Å². The third kappa shape index (κ3) is 6.23. The first-order valence-electron chi connectivity index (χ1n) is 9.40. The van der Waals surface area contributed by atoms with E-state index in [1.54, 1.807) is 63.2 Å². The highest BCUT2D eigenvalue weighted by Crippen LogP contribution is 2.36. The molecular formula is C22H21Cl2N3O4. The van der Waals surface area contributed by atoms with Crippen molar-refractivity contribution in [3.63, 3.8) is 0 Å². The van der Waals surface area contributed by atoms with Crippen LogP contribution in [0.2, 0.25) is 10.0 Å². The summed E-state index contributed by atoms with van der Waals surface area (Å²) < 4.78 is 10.5. The van der Waals surface area contributed by atoms with Crippen molar-refractivity contribution >= 4 is 40.9 Å². The lowest BCUT2D eigenvalue weighted by molar-refractivity contribution is -0.115. The van der Waals surface area contributed by atoms with Gasteiger partial charge in [-0.25, -0.2) is 4.79 Å². The maximum absolute atomic E-state index is 12.1. The Labute approximate surface area is 189 Å². The highest BCUT2D eigenvalue weighted by Gasteiger charge is 2.17. The summed E-state index contributed by atoms with van der Waals surface area (Å²) in [7, 11) is 0. The Bertz CT molecular complexity index is 1090. The molecule has 162 valence electrons. The number of aromatic nitrogens is 1. The molecule has 2 amide bonds. The molecule has 9 heteroatoms. The molecule has 0 unspecified atom stereocenters.